The molecule has 0 aliphatic carbocycles. The molecule has 2 N–H and O–H groups in total. The number of rotatable bonds is 4. The molecular weight excluding hydrogens is 243 g/mol. The van der Waals surface area contributed by atoms with Gasteiger partial charge in [0.25, 0.3) is 0 Å². The number of likely N-dealkylation sites (N-methyl/N-ethyl adjacent to an activating group) is 1. The number of hydrogen-bond donors (Lipinski definition) is 1. The van der Waals surface area contributed by atoms with Gasteiger partial charge in [-0.2, -0.15) is 0 Å². The Morgan fingerprint density at radius 2 is 1.84 bits per heavy atom. The van der Waals surface area contributed by atoms with Crippen LogP contribution < -0.4 is 5.73 Å². The first-order valence-electron chi connectivity index (χ1n) is 6.90. The van der Waals surface area contributed by atoms with Crippen LogP contribution in [-0.4, -0.2) is 37.2 Å². The summed E-state index contributed by atoms with van der Waals surface area (Å²) in [6.07, 6.45) is 2.11. The van der Waals surface area contributed by atoms with Crippen LogP contribution in [0.3, 0.4) is 0 Å². The summed E-state index contributed by atoms with van der Waals surface area (Å²) in [7, 11) is 2.12. The molecule has 2 atom stereocenters. The first-order chi connectivity index (χ1) is 9.09. The molecule has 4 heteroatoms. The van der Waals surface area contributed by atoms with E-state index >= 15 is 0 Å². The fourth-order valence-corrected chi connectivity index (χ4v) is 2.64. The summed E-state index contributed by atoms with van der Waals surface area (Å²) < 4.78 is 18.3. The number of benzene rings is 1. The number of hydrogen-bond acceptors (Lipinski definition) is 3. The van der Waals surface area contributed by atoms with Gasteiger partial charge < -0.3 is 10.5 Å². The number of nitrogens with zero attached hydrogens (tertiary/aromatic N) is 1. The van der Waals surface area contributed by atoms with Crippen molar-refractivity contribution in [3.8, 4) is 0 Å². The molecule has 1 aromatic carbocycles. The van der Waals surface area contributed by atoms with Crippen molar-refractivity contribution in [2.24, 2.45) is 5.73 Å². The minimum atomic E-state index is -0.221. The maximum Gasteiger partial charge on any atom is 0.123 e. The zero-order chi connectivity index (χ0) is 13.8. The first-order valence-corrected chi connectivity index (χ1v) is 6.90. The largest absolute Gasteiger partial charge is 0.381 e. The quantitative estimate of drug-likeness (QED) is 0.909. The highest BCUT2D eigenvalue weighted by atomic mass is 19.1. The lowest BCUT2D eigenvalue weighted by atomic mass is 9.97. The standard InChI is InChI=1S/C15H23FN2O/c1-11(18(2)14-7-9-19-10-8-14)15(17)12-3-5-13(16)6-4-12/h3-6,11,14-15H,7-10,17H2,1-2H3. The zero-order valence-electron chi connectivity index (χ0n) is 11.7. The van der Waals surface area contributed by atoms with E-state index in [1.807, 2.05) is 0 Å². The van der Waals surface area contributed by atoms with E-state index < -0.39 is 0 Å². The molecule has 0 amide bonds. The molecular formula is C15H23FN2O. The van der Waals surface area contributed by atoms with Gasteiger partial charge in [-0.05, 0) is 44.5 Å². The van der Waals surface area contributed by atoms with E-state index in [4.69, 9.17) is 10.5 Å². The lowest BCUT2D eigenvalue weighted by Crippen LogP contribution is -2.46. The fourth-order valence-electron chi connectivity index (χ4n) is 2.64. The monoisotopic (exact) mass is 266 g/mol. The van der Waals surface area contributed by atoms with Crippen LogP contribution in [0.2, 0.25) is 0 Å². The lowest BCUT2D eigenvalue weighted by Gasteiger charge is -2.38. The average molecular weight is 266 g/mol. The van der Waals surface area contributed by atoms with E-state index in [9.17, 15) is 4.39 Å². The van der Waals surface area contributed by atoms with E-state index in [0.717, 1.165) is 31.6 Å². The van der Waals surface area contributed by atoms with Crippen molar-refractivity contribution in [1.82, 2.24) is 4.90 Å². The molecule has 3 nitrogen and oxygen atoms in total. The summed E-state index contributed by atoms with van der Waals surface area (Å²) in [4.78, 5) is 2.33. The Labute approximate surface area is 114 Å². The van der Waals surface area contributed by atoms with Gasteiger partial charge >= 0.3 is 0 Å². The topological polar surface area (TPSA) is 38.5 Å². The molecule has 0 saturated carbocycles. The number of nitrogens with two attached hydrogens (primary N) is 1. The van der Waals surface area contributed by atoms with Gasteiger partial charge in [0.05, 0.1) is 0 Å². The highest BCUT2D eigenvalue weighted by molar-refractivity contribution is 5.21. The van der Waals surface area contributed by atoms with E-state index in [0.29, 0.717) is 6.04 Å². The molecule has 1 fully saturated rings. The first kappa shape index (κ1) is 14.4. The maximum atomic E-state index is 12.9. The Morgan fingerprint density at radius 1 is 1.26 bits per heavy atom. The minimum absolute atomic E-state index is 0.103. The van der Waals surface area contributed by atoms with E-state index in [1.165, 1.54) is 12.1 Å². The van der Waals surface area contributed by atoms with Crippen LogP contribution in [0.25, 0.3) is 0 Å². The Kier molecular flexibility index (Phi) is 4.91. The molecule has 1 aliphatic rings. The van der Waals surface area contributed by atoms with Gasteiger partial charge in [0.15, 0.2) is 0 Å². The third-order valence-electron chi connectivity index (χ3n) is 4.18. The molecule has 0 radical (unpaired) electrons. The highest BCUT2D eigenvalue weighted by Crippen LogP contribution is 2.23. The maximum absolute atomic E-state index is 12.9. The van der Waals surface area contributed by atoms with Gasteiger partial charge in [0, 0.05) is 31.3 Å². The summed E-state index contributed by atoms with van der Waals surface area (Å²) in [5.74, 6) is -0.221. The van der Waals surface area contributed by atoms with Gasteiger partial charge in [0.1, 0.15) is 5.82 Å². The summed E-state index contributed by atoms with van der Waals surface area (Å²) in [6, 6.07) is 7.12. The molecule has 2 unspecified atom stereocenters. The minimum Gasteiger partial charge on any atom is -0.381 e. The fraction of sp³-hybridized carbons (Fsp3) is 0.600. The predicted molar refractivity (Wildman–Crippen MR) is 74.4 cm³/mol. The smallest absolute Gasteiger partial charge is 0.123 e. The second-order valence-electron chi connectivity index (χ2n) is 5.33. The molecule has 106 valence electrons. The highest BCUT2D eigenvalue weighted by Gasteiger charge is 2.26. The van der Waals surface area contributed by atoms with Crippen LogP contribution in [0, 0.1) is 5.82 Å². The summed E-state index contributed by atoms with van der Waals surface area (Å²) in [6.45, 7) is 3.78. The van der Waals surface area contributed by atoms with E-state index in [1.54, 1.807) is 12.1 Å². The Hall–Kier alpha value is -0.970. The second kappa shape index (κ2) is 6.46. The normalized spacial score (nSPS) is 20.5. The molecule has 0 aromatic heterocycles. The van der Waals surface area contributed by atoms with Crippen molar-refractivity contribution >= 4 is 0 Å². The van der Waals surface area contributed by atoms with Gasteiger partial charge in [-0.25, -0.2) is 4.39 Å². The van der Waals surface area contributed by atoms with E-state index in [2.05, 4.69) is 18.9 Å². The van der Waals surface area contributed by atoms with Crippen molar-refractivity contribution in [2.45, 2.75) is 37.9 Å². The Balaban J connectivity index is 2.01. The third-order valence-corrected chi connectivity index (χ3v) is 4.18. The van der Waals surface area contributed by atoms with Crippen LogP contribution in [0.5, 0.6) is 0 Å². The predicted octanol–water partition coefficient (Wildman–Crippen LogP) is 2.32. The summed E-state index contributed by atoms with van der Waals surface area (Å²) in [5, 5.41) is 0. The molecule has 19 heavy (non-hydrogen) atoms. The molecule has 1 aromatic rings. The van der Waals surface area contributed by atoms with Crippen LogP contribution in [0.15, 0.2) is 24.3 Å². The molecule has 2 rings (SSSR count). The molecule has 0 bridgehead atoms. The SMILES string of the molecule is CC(C(N)c1ccc(F)cc1)N(C)C1CCOCC1. The van der Waals surface area contributed by atoms with Crippen molar-refractivity contribution < 1.29 is 9.13 Å². The van der Waals surface area contributed by atoms with Crippen molar-refractivity contribution in [3.05, 3.63) is 35.6 Å². The number of halogens is 1. The Bertz CT molecular complexity index is 390. The van der Waals surface area contributed by atoms with Crippen LogP contribution in [-0.2, 0) is 4.74 Å². The summed E-state index contributed by atoms with van der Waals surface area (Å²) in [5.41, 5.74) is 7.28. The van der Waals surface area contributed by atoms with Gasteiger partial charge in [-0.15, -0.1) is 0 Å². The van der Waals surface area contributed by atoms with Crippen LogP contribution >= 0.6 is 0 Å². The number of ether oxygens (including phenoxy) is 1. The summed E-state index contributed by atoms with van der Waals surface area (Å²) >= 11 is 0. The third kappa shape index (κ3) is 3.53. The zero-order valence-corrected chi connectivity index (χ0v) is 11.7. The second-order valence-corrected chi connectivity index (χ2v) is 5.33. The lowest BCUT2D eigenvalue weighted by molar-refractivity contribution is 0.0271. The van der Waals surface area contributed by atoms with E-state index in [-0.39, 0.29) is 17.9 Å². The van der Waals surface area contributed by atoms with Crippen molar-refractivity contribution in [1.29, 1.82) is 0 Å². The molecule has 0 spiro atoms. The molecule has 1 aliphatic heterocycles. The van der Waals surface area contributed by atoms with Gasteiger partial charge in [-0.3, -0.25) is 4.90 Å². The average Bonchev–Trinajstić information content (AvgIpc) is 2.46. The van der Waals surface area contributed by atoms with Crippen molar-refractivity contribution in [2.75, 3.05) is 20.3 Å². The molecule has 1 heterocycles. The van der Waals surface area contributed by atoms with Crippen molar-refractivity contribution in [3.63, 3.8) is 0 Å². The van der Waals surface area contributed by atoms with Crippen LogP contribution in [0.1, 0.15) is 31.4 Å². The van der Waals surface area contributed by atoms with Gasteiger partial charge in [0.2, 0.25) is 0 Å². The molecule has 1 saturated heterocycles. The Morgan fingerprint density at radius 3 is 2.42 bits per heavy atom. The van der Waals surface area contributed by atoms with Gasteiger partial charge in [-0.1, -0.05) is 12.1 Å². The van der Waals surface area contributed by atoms with Crippen LogP contribution in [0.4, 0.5) is 4.39 Å².